The molecule has 1 aliphatic carbocycles. The first-order valence-electron chi connectivity index (χ1n) is 10.6. The third kappa shape index (κ3) is 3.48. The van der Waals surface area contributed by atoms with Crippen LogP contribution in [0.15, 0.2) is 113 Å². The minimum atomic E-state index is -0.595. The third-order valence-corrected chi connectivity index (χ3v) is 6.55. The highest BCUT2D eigenvalue weighted by Gasteiger charge is 2.40. The topological polar surface area (TPSA) is 34.1 Å². The summed E-state index contributed by atoms with van der Waals surface area (Å²) in [6.45, 7) is 5.29. The zero-order valence-corrected chi connectivity index (χ0v) is 18.2. The van der Waals surface area contributed by atoms with E-state index in [0.29, 0.717) is 28.7 Å². The zero-order valence-electron chi connectivity index (χ0n) is 18.2. The van der Waals surface area contributed by atoms with E-state index in [1.54, 1.807) is 20.8 Å². The second kappa shape index (κ2) is 8.31. The maximum absolute atomic E-state index is 13.4. The molecule has 3 aromatic rings. The van der Waals surface area contributed by atoms with E-state index >= 15 is 0 Å². The van der Waals surface area contributed by atoms with Gasteiger partial charge in [-0.2, -0.15) is 0 Å². The van der Waals surface area contributed by atoms with E-state index in [1.807, 2.05) is 54.6 Å². The monoisotopic (exact) mass is 406 g/mol. The molecule has 0 saturated carbocycles. The van der Waals surface area contributed by atoms with Gasteiger partial charge in [0.2, 0.25) is 0 Å². The van der Waals surface area contributed by atoms with Crippen LogP contribution in [0, 0.1) is 0 Å². The zero-order chi connectivity index (χ0) is 22.0. The molecule has 4 rings (SSSR count). The van der Waals surface area contributed by atoms with E-state index in [0.717, 1.165) is 16.7 Å². The molecule has 0 amide bonds. The molecule has 0 saturated heterocycles. The van der Waals surface area contributed by atoms with Gasteiger partial charge in [-0.25, -0.2) is 0 Å². The van der Waals surface area contributed by atoms with Gasteiger partial charge in [-0.15, -0.1) is 0 Å². The highest BCUT2D eigenvalue weighted by Crippen LogP contribution is 2.45. The van der Waals surface area contributed by atoms with Gasteiger partial charge in [0, 0.05) is 27.7 Å². The number of ketones is 2. The van der Waals surface area contributed by atoms with E-state index in [-0.39, 0.29) is 11.6 Å². The maximum Gasteiger partial charge on any atom is 0.185 e. The molecule has 0 fully saturated rings. The molecule has 2 nitrogen and oxygen atoms in total. The van der Waals surface area contributed by atoms with Crippen molar-refractivity contribution in [2.75, 3.05) is 0 Å². The predicted molar refractivity (Wildman–Crippen MR) is 125 cm³/mol. The number of allylic oxidation sites excluding steroid dienone is 4. The smallest absolute Gasteiger partial charge is 0.185 e. The molecule has 31 heavy (non-hydrogen) atoms. The summed E-state index contributed by atoms with van der Waals surface area (Å²) >= 11 is 0. The minimum Gasteiger partial charge on any atom is -0.289 e. The molecule has 0 radical (unpaired) electrons. The molecule has 0 aromatic heterocycles. The SMILES string of the molecule is CC1=C(C)C(=O)C(CC(c2ccccc2)(c2ccccc2)c2ccccc2)=C(C)C1=O. The third-order valence-electron chi connectivity index (χ3n) is 6.55. The Bertz CT molecular complexity index is 1090. The van der Waals surface area contributed by atoms with Gasteiger partial charge in [-0.1, -0.05) is 91.0 Å². The number of carbonyl (C=O) groups excluding carboxylic acids is 2. The summed E-state index contributed by atoms with van der Waals surface area (Å²) in [7, 11) is 0. The molecule has 2 heteroatoms. The van der Waals surface area contributed by atoms with E-state index in [2.05, 4.69) is 36.4 Å². The average molecular weight is 407 g/mol. The first kappa shape index (κ1) is 20.7. The molecular weight excluding hydrogens is 380 g/mol. The Labute approximate surface area is 183 Å². The molecular formula is C29H26O2. The van der Waals surface area contributed by atoms with Crippen LogP contribution in [0.2, 0.25) is 0 Å². The van der Waals surface area contributed by atoms with Crippen LogP contribution in [0.3, 0.4) is 0 Å². The van der Waals surface area contributed by atoms with Crippen molar-refractivity contribution in [1.82, 2.24) is 0 Å². The molecule has 154 valence electrons. The normalized spacial score (nSPS) is 14.9. The van der Waals surface area contributed by atoms with Crippen molar-refractivity contribution in [3.05, 3.63) is 130 Å². The number of benzene rings is 3. The van der Waals surface area contributed by atoms with E-state index in [9.17, 15) is 9.59 Å². The minimum absolute atomic E-state index is 0.0261. The van der Waals surface area contributed by atoms with Crippen LogP contribution < -0.4 is 0 Å². The fourth-order valence-corrected chi connectivity index (χ4v) is 4.61. The molecule has 0 N–H and O–H groups in total. The Hall–Kier alpha value is -3.52. The largest absolute Gasteiger partial charge is 0.289 e. The summed E-state index contributed by atoms with van der Waals surface area (Å²) in [5.41, 5.74) is 4.95. The van der Waals surface area contributed by atoms with Gasteiger partial charge < -0.3 is 0 Å². The van der Waals surface area contributed by atoms with Crippen LogP contribution >= 0.6 is 0 Å². The van der Waals surface area contributed by atoms with Crippen molar-refractivity contribution in [1.29, 1.82) is 0 Å². The lowest BCUT2D eigenvalue weighted by atomic mass is 9.64. The van der Waals surface area contributed by atoms with Gasteiger partial charge in [0.25, 0.3) is 0 Å². The van der Waals surface area contributed by atoms with Crippen LogP contribution in [0.1, 0.15) is 43.9 Å². The maximum atomic E-state index is 13.4. The standard InChI is InChI=1S/C29H26O2/c1-20-21(2)28(31)26(22(3)27(20)30)19-29(23-13-7-4-8-14-23,24-15-9-5-10-16-24)25-17-11-6-12-18-25/h4-18H,19H2,1-3H3. The van der Waals surface area contributed by atoms with Gasteiger partial charge >= 0.3 is 0 Å². The Balaban J connectivity index is 2.02. The summed E-state index contributed by atoms with van der Waals surface area (Å²) in [6.07, 6.45) is 0.423. The number of hydrogen-bond acceptors (Lipinski definition) is 2. The highest BCUT2D eigenvalue weighted by atomic mass is 16.1. The molecule has 0 unspecified atom stereocenters. The van der Waals surface area contributed by atoms with Crippen LogP contribution in [-0.4, -0.2) is 11.6 Å². The molecule has 3 aromatic carbocycles. The summed E-state index contributed by atoms with van der Waals surface area (Å²) in [6, 6.07) is 30.8. The Morgan fingerprint density at radius 3 is 1.26 bits per heavy atom. The first-order valence-corrected chi connectivity index (χ1v) is 10.6. The van der Waals surface area contributed by atoms with E-state index in [4.69, 9.17) is 0 Å². The molecule has 0 heterocycles. The Morgan fingerprint density at radius 1 is 0.516 bits per heavy atom. The number of carbonyl (C=O) groups is 2. The summed E-state index contributed by atoms with van der Waals surface area (Å²) in [5, 5.41) is 0. The van der Waals surface area contributed by atoms with Gasteiger partial charge in [0.05, 0.1) is 0 Å². The lowest BCUT2D eigenvalue weighted by Crippen LogP contribution is -2.33. The summed E-state index contributed by atoms with van der Waals surface area (Å²) in [4.78, 5) is 26.3. The first-order chi connectivity index (χ1) is 15.0. The van der Waals surface area contributed by atoms with Crippen molar-refractivity contribution < 1.29 is 9.59 Å². The number of hydrogen-bond donors (Lipinski definition) is 0. The number of rotatable bonds is 5. The highest BCUT2D eigenvalue weighted by molar-refractivity contribution is 6.24. The van der Waals surface area contributed by atoms with Gasteiger partial charge in [-0.3, -0.25) is 9.59 Å². The van der Waals surface area contributed by atoms with Crippen LogP contribution in [-0.2, 0) is 15.0 Å². The molecule has 0 bridgehead atoms. The van der Waals surface area contributed by atoms with Crippen LogP contribution in [0.5, 0.6) is 0 Å². The van der Waals surface area contributed by atoms with Crippen molar-refractivity contribution in [2.45, 2.75) is 32.6 Å². The lowest BCUT2D eigenvalue weighted by Gasteiger charge is -2.37. The van der Waals surface area contributed by atoms with E-state index < -0.39 is 5.41 Å². The Kier molecular flexibility index (Phi) is 5.56. The predicted octanol–water partition coefficient (Wildman–Crippen LogP) is 6.22. The average Bonchev–Trinajstić information content (AvgIpc) is 2.83. The molecule has 1 aliphatic rings. The van der Waals surface area contributed by atoms with Crippen molar-refractivity contribution in [3.63, 3.8) is 0 Å². The summed E-state index contributed by atoms with van der Waals surface area (Å²) in [5.74, 6) is -0.0584. The van der Waals surface area contributed by atoms with E-state index in [1.165, 1.54) is 0 Å². The van der Waals surface area contributed by atoms with Gasteiger partial charge in [0.15, 0.2) is 11.6 Å². The van der Waals surface area contributed by atoms with Gasteiger partial charge in [0.1, 0.15) is 0 Å². The summed E-state index contributed by atoms with van der Waals surface area (Å²) < 4.78 is 0. The number of Topliss-reactive ketones (excluding diaryl/α,β-unsaturated/α-hetero) is 2. The Morgan fingerprint density at radius 2 is 0.871 bits per heavy atom. The molecule has 0 atom stereocenters. The van der Waals surface area contributed by atoms with Crippen LogP contribution in [0.4, 0.5) is 0 Å². The molecule has 0 aliphatic heterocycles. The quantitative estimate of drug-likeness (QED) is 0.372. The fourth-order valence-electron chi connectivity index (χ4n) is 4.61. The van der Waals surface area contributed by atoms with Crippen molar-refractivity contribution in [2.24, 2.45) is 0 Å². The lowest BCUT2D eigenvalue weighted by molar-refractivity contribution is -0.116. The van der Waals surface area contributed by atoms with Crippen molar-refractivity contribution >= 4 is 11.6 Å². The second-order valence-corrected chi connectivity index (χ2v) is 8.19. The van der Waals surface area contributed by atoms with Gasteiger partial charge in [-0.05, 0) is 43.9 Å². The second-order valence-electron chi connectivity index (χ2n) is 8.19. The van der Waals surface area contributed by atoms with Crippen LogP contribution in [0.25, 0.3) is 0 Å². The molecule has 0 spiro atoms. The fraction of sp³-hybridized carbons (Fsp3) is 0.172. The van der Waals surface area contributed by atoms with Crippen molar-refractivity contribution in [3.8, 4) is 0 Å².